The summed E-state index contributed by atoms with van der Waals surface area (Å²) in [6.07, 6.45) is 1.66. The van der Waals surface area contributed by atoms with Gasteiger partial charge in [-0.15, -0.1) is 0 Å². The molecule has 0 fully saturated rings. The molecule has 0 bridgehead atoms. The molecule has 0 heterocycles. The van der Waals surface area contributed by atoms with Crippen LogP contribution in [0.1, 0.15) is 5.56 Å². The Bertz CT molecular complexity index is 941. The second kappa shape index (κ2) is 9.00. The van der Waals surface area contributed by atoms with E-state index in [1.165, 1.54) is 0 Å². The number of ether oxygens (including phenoxy) is 1. The van der Waals surface area contributed by atoms with E-state index in [0.717, 1.165) is 21.9 Å². The minimum absolute atomic E-state index is 0.315. The maximum absolute atomic E-state index is 11.4. The Morgan fingerprint density at radius 2 is 1.70 bits per heavy atom. The number of para-hydroxylation sites is 1. The number of hydrogen-bond donors (Lipinski definition) is 2. The van der Waals surface area contributed by atoms with Crippen LogP contribution in [0.15, 0.2) is 88.8 Å². The molecule has 3 N–H and O–H groups in total. The van der Waals surface area contributed by atoms with E-state index in [1.54, 1.807) is 6.26 Å². The lowest BCUT2D eigenvalue weighted by Gasteiger charge is -2.09. The molecular weight excluding hydrogens is 358 g/mol. The highest BCUT2D eigenvalue weighted by atomic mass is 32.2. The highest BCUT2D eigenvalue weighted by Crippen LogP contribution is 2.23. The Kier molecular flexibility index (Phi) is 6.22. The molecule has 0 aliphatic rings. The predicted octanol–water partition coefficient (Wildman–Crippen LogP) is 4.14. The van der Waals surface area contributed by atoms with Crippen LogP contribution in [0.25, 0.3) is 0 Å². The average Bonchev–Trinajstić information content (AvgIpc) is 2.68. The Hall–Kier alpha value is -3.12. The van der Waals surface area contributed by atoms with E-state index < -0.39 is 10.8 Å². The minimum atomic E-state index is -0.978. The number of benzene rings is 3. The fraction of sp³-hybridized carbons (Fsp3) is 0.0952. The van der Waals surface area contributed by atoms with Crippen molar-refractivity contribution in [2.24, 2.45) is 10.7 Å². The number of anilines is 1. The summed E-state index contributed by atoms with van der Waals surface area (Å²) in [5.41, 5.74) is 7.77. The maximum atomic E-state index is 11.4. The van der Waals surface area contributed by atoms with Gasteiger partial charge in [-0.05, 0) is 42.0 Å². The van der Waals surface area contributed by atoms with Crippen LogP contribution in [0.5, 0.6) is 11.5 Å². The molecule has 0 amide bonds. The van der Waals surface area contributed by atoms with E-state index in [0.29, 0.717) is 18.3 Å². The summed E-state index contributed by atoms with van der Waals surface area (Å²) >= 11 is 0. The molecule has 0 aliphatic heterocycles. The lowest BCUT2D eigenvalue weighted by molar-refractivity contribution is 0.483. The normalized spacial score (nSPS) is 12.4. The fourth-order valence-corrected chi connectivity index (χ4v) is 2.93. The van der Waals surface area contributed by atoms with Crippen LogP contribution in [0.4, 0.5) is 5.69 Å². The van der Waals surface area contributed by atoms with Crippen LogP contribution in [-0.4, -0.2) is 16.4 Å². The van der Waals surface area contributed by atoms with Crippen molar-refractivity contribution in [1.82, 2.24) is 0 Å². The number of guanidine groups is 1. The minimum Gasteiger partial charge on any atom is -0.457 e. The van der Waals surface area contributed by atoms with Gasteiger partial charge in [0.1, 0.15) is 11.5 Å². The summed E-state index contributed by atoms with van der Waals surface area (Å²) in [5, 5.41) is 3.07. The van der Waals surface area contributed by atoms with Gasteiger partial charge in [0.05, 0.1) is 6.54 Å². The standard InChI is InChI=1S/C21H21N3O2S/c1-27(25)20-12-10-16(11-13-20)15-23-21(22)24-17-6-5-9-19(14-17)26-18-7-3-2-4-8-18/h2-14H,15H2,1H3,(H3,22,23,24). The summed E-state index contributed by atoms with van der Waals surface area (Å²) in [5.74, 6) is 1.80. The summed E-state index contributed by atoms with van der Waals surface area (Å²) in [4.78, 5) is 5.14. The van der Waals surface area contributed by atoms with Gasteiger partial charge in [0.25, 0.3) is 0 Å². The second-order valence-corrected chi connectivity index (χ2v) is 7.25. The molecule has 3 aromatic rings. The average molecular weight is 379 g/mol. The van der Waals surface area contributed by atoms with Crippen molar-refractivity contribution >= 4 is 22.4 Å². The van der Waals surface area contributed by atoms with Gasteiger partial charge in [-0.3, -0.25) is 4.21 Å². The van der Waals surface area contributed by atoms with Crippen molar-refractivity contribution in [2.45, 2.75) is 11.4 Å². The quantitative estimate of drug-likeness (QED) is 0.498. The molecule has 138 valence electrons. The van der Waals surface area contributed by atoms with Crippen LogP contribution in [0, 0.1) is 0 Å². The van der Waals surface area contributed by atoms with Crippen LogP contribution in [0.2, 0.25) is 0 Å². The van der Waals surface area contributed by atoms with Gasteiger partial charge in [0, 0.05) is 33.7 Å². The summed E-state index contributed by atoms with van der Waals surface area (Å²) in [6.45, 7) is 0.440. The van der Waals surface area contributed by atoms with Gasteiger partial charge in [0.2, 0.25) is 0 Å². The molecule has 5 nitrogen and oxygen atoms in total. The highest BCUT2D eigenvalue weighted by Gasteiger charge is 2.01. The molecule has 0 saturated heterocycles. The first kappa shape index (κ1) is 18.7. The van der Waals surface area contributed by atoms with E-state index in [4.69, 9.17) is 10.5 Å². The zero-order valence-electron chi connectivity index (χ0n) is 15.0. The van der Waals surface area contributed by atoms with Crippen molar-refractivity contribution in [2.75, 3.05) is 11.6 Å². The molecule has 3 aromatic carbocycles. The summed E-state index contributed by atoms with van der Waals surface area (Å²) < 4.78 is 17.2. The molecule has 3 rings (SSSR count). The van der Waals surface area contributed by atoms with Crippen molar-refractivity contribution < 1.29 is 8.95 Å². The lowest BCUT2D eigenvalue weighted by atomic mass is 10.2. The third-order valence-corrected chi connectivity index (χ3v) is 4.71. The summed E-state index contributed by atoms with van der Waals surface area (Å²) in [7, 11) is -0.978. The molecule has 0 spiro atoms. The third-order valence-electron chi connectivity index (χ3n) is 3.77. The number of hydrogen-bond acceptors (Lipinski definition) is 3. The van der Waals surface area contributed by atoms with Crippen LogP contribution in [-0.2, 0) is 17.3 Å². The topological polar surface area (TPSA) is 76.7 Å². The smallest absolute Gasteiger partial charge is 0.193 e. The monoisotopic (exact) mass is 379 g/mol. The summed E-state index contributed by atoms with van der Waals surface area (Å²) in [6, 6.07) is 24.6. The first-order chi connectivity index (χ1) is 13.1. The van der Waals surface area contributed by atoms with E-state index in [1.807, 2.05) is 78.9 Å². The van der Waals surface area contributed by atoms with Crippen molar-refractivity contribution in [3.63, 3.8) is 0 Å². The number of rotatable bonds is 6. The number of nitrogens with two attached hydrogens (primary N) is 1. The molecular formula is C21H21N3O2S. The Balaban J connectivity index is 1.61. The number of nitrogens with one attached hydrogen (secondary N) is 1. The molecule has 0 radical (unpaired) electrons. The van der Waals surface area contributed by atoms with Gasteiger partial charge in [-0.25, -0.2) is 4.99 Å². The molecule has 1 atom stereocenters. The number of nitrogens with zero attached hydrogens (tertiary/aromatic N) is 1. The lowest BCUT2D eigenvalue weighted by Crippen LogP contribution is -2.22. The van der Waals surface area contributed by atoms with Gasteiger partial charge in [0.15, 0.2) is 5.96 Å². The van der Waals surface area contributed by atoms with Gasteiger partial charge in [-0.1, -0.05) is 36.4 Å². The SMILES string of the molecule is CS(=O)c1ccc(CN=C(N)Nc2cccc(Oc3ccccc3)c2)cc1. The van der Waals surface area contributed by atoms with E-state index in [2.05, 4.69) is 10.3 Å². The second-order valence-electron chi connectivity index (χ2n) is 5.87. The first-order valence-electron chi connectivity index (χ1n) is 8.42. The molecule has 0 aliphatic carbocycles. The number of aliphatic imine (C=N–C) groups is 1. The van der Waals surface area contributed by atoms with Gasteiger partial charge in [-0.2, -0.15) is 0 Å². The van der Waals surface area contributed by atoms with E-state index >= 15 is 0 Å². The molecule has 0 aromatic heterocycles. The molecule has 0 saturated carbocycles. The first-order valence-corrected chi connectivity index (χ1v) is 9.98. The fourth-order valence-electron chi connectivity index (χ4n) is 2.41. The zero-order valence-corrected chi connectivity index (χ0v) is 15.8. The van der Waals surface area contributed by atoms with Crippen molar-refractivity contribution in [3.8, 4) is 11.5 Å². The third kappa shape index (κ3) is 5.69. The van der Waals surface area contributed by atoms with Crippen molar-refractivity contribution in [1.29, 1.82) is 0 Å². The molecule has 6 heteroatoms. The van der Waals surface area contributed by atoms with Crippen LogP contribution in [0.3, 0.4) is 0 Å². The van der Waals surface area contributed by atoms with Gasteiger partial charge < -0.3 is 15.8 Å². The van der Waals surface area contributed by atoms with Crippen LogP contribution >= 0.6 is 0 Å². The van der Waals surface area contributed by atoms with Crippen LogP contribution < -0.4 is 15.8 Å². The largest absolute Gasteiger partial charge is 0.457 e. The molecule has 1 unspecified atom stereocenters. The van der Waals surface area contributed by atoms with Gasteiger partial charge >= 0.3 is 0 Å². The Morgan fingerprint density at radius 1 is 1.00 bits per heavy atom. The predicted molar refractivity (Wildman–Crippen MR) is 111 cm³/mol. The van der Waals surface area contributed by atoms with E-state index in [9.17, 15) is 4.21 Å². The Morgan fingerprint density at radius 3 is 2.41 bits per heavy atom. The van der Waals surface area contributed by atoms with Crippen molar-refractivity contribution in [3.05, 3.63) is 84.4 Å². The zero-order chi connectivity index (χ0) is 19.1. The van der Waals surface area contributed by atoms with E-state index in [-0.39, 0.29) is 0 Å². The maximum Gasteiger partial charge on any atom is 0.193 e. The Labute approximate surface area is 161 Å². The highest BCUT2D eigenvalue weighted by molar-refractivity contribution is 7.84. The molecule has 27 heavy (non-hydrogen) atoms.